The first-order valence-corrected chi connectivity index (χ1v) is 9.83. The lowest BCUT2D eigenvalue weighted by Crippen LogP contribution is -2.23. The fourth-order valence-corrected chi connectivity index (χ4v) is 3.90. The van der Waals surface area contributed by atoms with E-state index in [2.05, 4.69) is 21.6 Å². The molecule has 0 radical (unpaired) electrons. The Bertz CT molecular complexity index is 853. The summed E-state index contributed by atoms with van der Waals surface area (Å²) >= 11 is 1.40. The van der Waals surface area contributed by atoms with E-state index >= 15 is 0 Å². The molecular formula is C16H17N3O3S2. The molecule has 1 amide bonds. The molecule has 1 aromatic heterocycles. The van der Waals surface area contributed by atoms with Crippen LogP contribution in [0.4, 0.5) is 5.13 Å². The topological polar surface area (TPSA) is 88.2 Å². The van der Waals surface area contributed by atoms with Crippen LogP contribution in [0.3, 0.4) is 0 Å². The standard InChI is InChI=1S/C16H17N3O3S2/c1-2-9-17-24(21,22)13-7-5-12(6-8-13)15(20)19-16-18-14(10-23-16)11-3-4-11/h2,5-8,10-11,17H,1,3-4,9H2,(H,18,19,20). The second-order valence-electron chi connectivity index (χ2n) is 5.47. The molecule has 126 valence electrons. The largest absolute Gasteiger partial charge is 0.298 e. The number of hydrogen-bond acceptors (Lipinski definition) is 5. The predicted octanol–water partition coefficient (Wildman–Crippen LogP) is 2.74. The van der Waals surface area contributed by atoms with Gasteiger partial charge in [-0.2, -0.15) is 0 Å². The smallest absolute Gasteiger partial charge is 0.257 e. The van der Waals surface area contributed by atoms with Gasteiger partial charge in [-0.05, 0) is 37.1 Å². The summed E-state index contributed by atoms with van der Waals surface area (Å²) in [5, 5.41) is 5.27. The maximum Gasteiger partial charge on any atom is 0.257 e. The monoisotopic (exact) mass is 363 g/mol. The van der Waals surface area contributed by atoms with E-state index in [1.165, 1.54) is 41.7 Å². The number of thiazole rings is 1. The van der Waals surface area contributed by atoms with Crippen LogP contribution in [0.5, 0.6) is 0 Å². The zero-order valence-corrected chi connectivity index (χ0v) is 14.5. The Kier molecular flexibility index (Phi) is 4.79. The lowest BCUT2D eigenvalue weighted by Gasteiger charge is -2.06. The molecule has 8 heteroatoms. The van der Waals surface area contributed by atoms with Crippen molar-refractivity contribution in [3.05, 3.63) is 53.6 Å². The van der Waals surface area contributed by atoms with Crippen LogP contribution in [-0.2, 0) is 10.0 Å². The first-order valence-electron chi connectivity index (χ1n) is 7.47. The van der Waals surface area contributed by atoms with Gasteiger partial charge in [-0.3, -0.25) is 10.1 Å². The fourth-order valence-electron chi connectivity index (χ4n) is 2.12. The van der Waals surface area contributed by atoms with Crippen molar-refractivity contribution in [2.45, 2.75) is 23.7 Å². The molecule has 0 bridgehead atoms. The highest BCUT2D eigenvalue weighted by molar-refractivity contribution is 7.89. The first-order chi connectivity index (χ1) is 11.5. The predicted molar refractivity (Wildman–Crippen MR) is 93.9 cm³/mol. The third-order valence-electron chi connectivity index (χ3n) is 3.58. The molecule has 1 aliphatic rings. The Morgan fingerprint density at radius 2 is 2.04 bits per heavy atom. The Labute approximate surface area is 144 Å². The Morgan fingerprint density at radius 1 is 1.33 bits per heavy atom. The maximum absolute atomic E-state index is 12.2. The van der Waals surface area contributed by atoms with Crippen molar-refractivity contribution in [3.8, 4) is 0 Å². The zero-order valence-electron chi connectivity index (χ0n) is 12.9. The van der Waals surface area contributed by atoms with Crippen LogP contribution in [0.25, 0.3) is 0 Å². The first kappa shape index (κ1) is 16.8. The van der Waals surface area contributed by atoms with Crippen LogP contribution in [0, 0.1) is 0 Å². The van der Waals surface area contributed by atoms with Gasteiger partial charge in [0.1, 0.15) is 0 Å². The van der Waals surface area contributed by atoms with Crippen molar-refractivity contribution < 1.29 is 13.2 Å². The molecule has 0 unspecified atom stereocenters. The van der Waals surface area contributed by atoms with Gasteiger partial charge in [0.25, 0.3) is 5.91 Å². The van der Waals surface area contributed by atoms with E-state index in [0.29, 0.717) is 16.6 Å². The van der Waals surface area contributed by atoms with E-state index in [-0.39, 0.29) is 17.3 Å². The number of carbonyl (C=O) groups is 1. The summed E-state index contributed by atoms with van der Waals surface area (Å²) in [6, 6.07) is 5.76. The molecule has 1 heterocycles. The molecule has 1 aliphatic carbocycles. The summed E-state index contributed by atoms with van der Waals surface area (Å²) in [7, 11) is -3.59. The highest BCUT2D eigenvalue weighted by atomic mass is 32.2. The van der Waals surface area contributed by atoms with Crippen molar-refractivity contribution >= 4 is 32.4 Å². The third kappa shape index (κ3) is 3.89. The lowest BCUT2D eigenvalue weighted by molar-refractivity contribution is 0.102. The van der Waals surface area contributed by atoms with Crippen molar-refractivity contribution in [2.24, 2.45) is 0 Å². The second-order valence-corrected chi connectivity index (χ2v) is 8.10. The average molecular weight is 363 g/mol. The minimum atomic E-state index is -3.59. The minimum Gasteiger partial charge on any atom is -0.298 e. The number of amides is 1. The number of sulfonamides is 1. The Hall–Kier alpha value is -2.03. The van der Waals surface area contributed by atoms with E-state index in [9.17, 15) is 13.2 Å². The summed E-state index contributed by atoms with van der Waals surface area (Å²) in [5.41, 5.74) is 1.41. The molecule has 3 rings (SSSR count). The molecule has 0 atom stereocenters. The normalized spacial score (nSPS) is 14.3. The number of benzene rings is 1. The molecule has 1 fully saturated rings. The van der Waals surface area contributed by atoms with Gasteiger partial charge < -0.3 is 0 Å². The van der Waals surface area contributed by atoms with E-state index in [4.69, 9.17) is 0 Å². The van der Waals surface area contributed by atoms with Gasteiger partial charge in [0.2, 0.25) is 10.0 Å². The summed E-state index contributed by atoms with van der Waals surface area (Å²) < 4.78 is 26.3. The molecule has 1 aromatic carbocycles. The van der Waals surface area contributed by atoms with E-state index in [1.54, 1.807) is 0 Å². The molecule has 2 N–H and O–H groups in total. The van der Waals surface area contributed by atoms with Crippen LogP contribution < -0.4 is 10.0 Å². The zero-order chi connectivity index (χ0) is 17.2. The van der Waals surface area contributed by atoms with Crippen molar-refractivity contribution in [1.29, 1.82) is 0 Å². The van der Waals surface area contributed by atoms with Gasteiger partial charge >= 0.3 is 0 Å². The summed E-state index contributed by atoms with van der Waals surface area (Å²) in [4.78, 5) is 16.7. The molecule has 24 heavy (non-hydrogen) atoms. The van der Waals surface area contributed by atoms with E-state index < -0.39 is 10.0 Å². The van der Waals surface area contributed by atoms with Gasteiger partial charge in [-0.25, -0.2) is 18.1 Å². The molecule has 0 aliphatic heterocycles. The van der Waals surface area contributed by atoms with Crippen molar-refractivity contribution in [2.75, 3.05) is 11.9 Å². The van der Waals surface area contributed by atoms with Crippen LogP contribution in [-0.4, -0.2) is 25.9 Å². The van der Waals surface area contributed by atoms with Crippen LogP contribution in [0.15, 0.2) is 47.2 Å². The number of anilines is 1. The van der Waals surface area contributed by atoms with Gasteiger partial charge in [0.15, 0.2) is 5.13 Å². The van der Waals surface area contributed by atoms with Gasteiger partial charge in [-0.15, -0.1) is 17.9 Å². The highest BCUT2D eigenvalue weighted by Crippen LogP contribution is 2.40. The quantitative estimate of drug-likeness (QED) is 0.741. The van der Waals surface area contributed by atoms with Crippen LogP contribution >= 0.6 is 11.3 Å². The fraction of sp³-hybridized carbons (Fsp3) is 0.250. The third-order valence-corrected chi connectivity index (χ3v) is 5.80. The molecular weight excluding hydrogens is 346 g/mol. The van der Waals surface area contributed by atoms with Crippen LogP contribution in [0.2, 0.25) is 0 Å². The lowest BCUT2D eigenvalue weighted by atomic mass is 10.2. The average Bonchev–Trinajstić information content (AvgIpc) is 3.33. The SMILES string of the molecule is C=CCNS(=O)(=O)c1ccc(C(=O)Nc2nc(C3CC3)cs2)cc1. The van der Waals surface area contributed by atoms with Gasteiger partial charge in [0.05, 0.1) is 10.6 Å². The minimum absolute atomic E-state index is 0.103. The van der Waals surface area contributed by atoms with Gasteiger partial charge in [0, 0.05) is 23.4 Å². The Morgan fingerprint density at radius 3 is 2.67 bits per heavy atom. The molecule has 0 spiro atoms. The summed E-state index contributed by atoms with van der Waals surface area (Å²) in [6.45, 7) is 3.62. The number of rotatable bonds is 7. The van der Waals surface area contributed by atoms with Gasteiger partial charge in [-0.1, -0.05) is 6.08 Å². The second kappa shape index (κ2) is 6.84. The van der Waals surface area contributed by atoms with E-state index in [1.807, 2.05) is 5.38 Å². The van der Waals surface area contributed by atoms with E-state index in [0.717, 1.165) is 18.5 Å². The highest BCUT2D eigenvalue weighted by Gasteiger charge is 2.26. The number of aromatic nitrogens is 1. The molecule has 6 nitrogen and oxygen atoms in total. The summed E-state index contributed by atoms with van der Waals surface area (Å²) in [5.74, 6) is 0.231. The molecule has 0 saturated heterocycles. The molecule has 1 saturated carbocycles. The number of nitrogens with zero attached hydrogens (tertiary/aromatic N) is 1. The van der Waals surface area contributed by atoms with Crippen molar-refractivity contribution in [3.63, 3.8) is 0 Å². The Balaban J connectivity index is 1.67. The summed E-state index contributed by atoms with van der Waals surface area (Å²) in [6.07, 6.45) is 3.78. The van der Waals surface area contributed by atoms with Crippen molar-refractivity contribution in [1.82, 2.24) is 9.71 Å². The number of hydrogen-bond donors (Lipinski definition) is 2. The maximum atomic E-state index is 12.2. The number of carbonyl (C=O) groups excluding carboxylic acids is 1. The number of nitrogens with one attached hydrogen (secondary N) is 2. The molecule has 2 aromatic rings. The van der Waals surface area contributed by atoms with Crippen LogP contribution in [0.1, 0.15) is 34.8 Å².